The Morgan fingerprint density at radius 2 is 2.40 bits per heavy atom. The zero-order chi connectivity index (χ0) is 10.3. The van der Waals surface area contributed by atoms with Gasteiger partial charge in [-0.1, -0.05) is 5.21 Å². The Kier molecular flexibility index (Phi) is 2.21. The molecule has 1 aliphatic heterocycles. The minimum atomic E-state index is 0.378. The van der Waals surface area contributed by atoms with Gasteiger partial charge in [-0.15, -0.1) is 5.10 Å². The Labute approximate surface area is 95.8 Å². The molecule has 1 N–H and O–H groups in total. The highest BCUT2D eigenvalue weighted by molar-refractivity contribution is 9.10. The van der Waals surface area contributed by atoms with Gasteiger partial charge in [0.1, 0.15) is 5.69 Å². The molecule has 3 heterocycles. The van der Waals surface area contributed by atoms with Gasteiger partial charge in [0.15, 0.2) is 0 Å². The molecule has 1 unspecified atom stereocenters. The third-order valence-corrected chi connectivity index (χ3v) is 3.26. The first-order valence-electron chi connectivity index (χ1n) is 5.08. The van der Waals surface area contributed by atoms with E-state index in [0.29, 0.717) is 6.04 Å². The van der Waals surface area contributed by atoms with Crippen molar-refractivity contribution in [2.24, 2.45) is 0 Å². The molecule has 5 heteroatoms. The summed E-state index contributed by atoms with van der Waals surface area (Å²) in [5, 5.41) is 11.8. The number of rotatable bonds is 1. The highest BCUT2D eigenvalue weighted by atomic mass is 79.9. The molecule has 15 heavy (non-hydrogen) atoms. The molecule has 0 spiro atoms. The van der Waals surface area contributed by atoms with Crippen LogP contribution in [0.5, 0.6) is 0 Å². The predicted molar refractivity (Wildman–Crippen MR) is 60.7 cm³/mol. The fourth-order valence-electron chi connectivity index (χ4n) is 2.05. The summed E-state index contributed by atoms with van der Waals surface area (Å²) in [7, 11) is 0. The third kappa shape index (κ3) is 1.55. The second-order valence-corrected chi connectivity index (χ2v) is 4.72. The monoisotopic (exact) mass is 266 g/mol. The van der Waals surface area contributed by atoms with Crippen LogP contribution in [0.1, 0.15) is 24.6 Å². The molecule has 0 amide bonds. The Balaban J connectivity index is 2.11. The topological polar surface area (TPSA) is 42.2 Å². The van der Waals surface area contributed by atoms with Crippen molar-refractivity contribution < 1.29 is 0 Å². The Morgan fingerprint density at radius 1 is 1.47 bits per heavy atom. The number of nitrogens with zero attached hydrogens (tertiary/aromatic N) is 3. The maximum absolute atomic E-state index is 4.25. The molecule has 0 aromatic carbocycles. The fourth-order valence-corrected chi connectivity index (χ4v) is 2.38. The average Bonchev–Trinajstić information content (AvgIpc) is 2.82. The van der Waals surface area contributed by atoms with E-state index >= 15 is 0 Å². The lowest BCUT2D eigenvalue weighted by atomic mass is 10.1. The van der Waals surface area contributed by atoms with Crippen LogP contribution in [-0.2, 0) is 0 Å². The van der Waals surface area contributed by atoms with Gasteiger partial charge in [-0.05, 0) is 47.4 Å². The SMILES string of the molecule is Brc1ccc2c(C3CCCN3)nnn2c1. The van der Waals surface area contributed by atoms with Gasteiger partial charge in [0.25, 0.3) is 0 Å². The maximum Gasteiger partial charge on any atom is 0.107 e. The smallest absolute Gasteiger partial charge is 0.107 e. The third-order valence-electron chi connectivity index (χ3n) is 2.79. The van der Waals surface area contributed by atoms with E-state index in [9.17, 15) is 0 Å². The normalized spacial score (nSPS) is 21.3. The molecule has 78 valence electrons. The van der Waals surface area contributed by atoms with Crippen LogP contribution in [-0.4, -0.2) is 21.4 Å². The lowest BCUT2D eigenvalue weighted by Crippen LogP contribution is -2.13. The zero-order valence-corrected chi connectivity index (χ0v) is 9.74. The van der Waals surface area contributed by atoms with Crippen molar-refractivity contribution >= 4 is 21.4 Å². The summed E-state index contributed by atoms with van der Waals surface area (Å²) in [6, 6.07) is 4.46. The molecule has 4 nitrogen and oxygen atoms in total. The van der Waals surface area contributed by atoms with Gasteiger partial charge < -0.3 is 5.32 Å². The van der Waals surface area contributed by atoms with E-state index in [1.807, 2.05) is 16.8 Å². The molecular weight excluding hydrogens is 256 g/mol. The molecule has 1 fully saturated rings. The van der Waals surface area contributed by atoms with Crippen molar-refractivity contribution in [2.45, 2.75) is 18.9 Å². The van der Waals surface area contributed by atoms with Crippen LogP contribution < -0.4 is 5.32 Å². The lowest BCUT2D eigenvalue weighted by molar-refractivity contribution is 0.628. The molecule has 2 aromatic heterocycles. The molecule has 1 aliphatic rings. The number of pyridine rings is 1. The number of fused-ring (bicyclic) bond motifs is 1. The van der Waals surface area contributed by atoms with E-state index in [1.165, 1.54) is 6.42 Å². The molecule has 1 atom stereocenters. The van der Waals surface area contributed by atoms with Crippen molar-refractivity contribution in [1.82, 2.24) is 20.1 Å². The number of hydrogen-bond acceptors (Lipinski definition) is 3. The van der Waals surface area contributed by atoms with Crippen molar-refractivity contribution in [3.05, 3.63) is 28.5 Å². The number of nitrogens with one attached hydrogen (secondary N) is 1. The van der Waals surface area contributed by atoms with E-state index in [4.69, 9.17) is 0 Å². The van der Waals surface area contributed by atoms with E-state index in [1.54, 1.807) is 0 Å². The van der Waals surface area contributed by atoms with Crippen molar-refractivity contribution in [3.8, 4) is 0 Å². The van der Waals surface area contributed by atoms with Crippen LogP contribution in [0.15, 0.2) is 22.8 Å². The molecule has 1 saturated heterocycles. The van der Waals surface area contributed by atoms with Gasteiger partial charge in [0.05, 0.1) is 11.6 Å². The molecule has 0 saturated carbocycles. The van der Waals surface area contributed by atoms with Crippen LogP contribution in [0.3, 0.4) is 0 Å². The van der Waals surface area contributed by atoms with Gasteiger partial charge in [0.2, 0.25) is 0 Å². The van der Waals surface area contributed by atoms with Gasteiger partial charge in [-0.3, -0.25) is 0 Å². The highest BCUT2D eigenvalue weighted by Crippen LogP contribution is 2.25. The molecule has 2 aromatic rings. The lowest BCUT2D eigenvalue weighted by Gasteiger charge is -2.05. The Bertz CT molecular complexity index is 487. The number of hydrogen-bond donors (Lipinski definition) is 1. The summed E-state index contributed by atoms with van der Waals surface area (Å²) >= 11 is 3.42. The highest BCUT2D eigenvalue weighted by Gasteiger charge is 2.21. The van der Waals surface area contributed by atoms with Crippen LogP contribution in [0.25, 0.3) is 5.52 Å². The van der Waals surface area contributed by atoms with E-state index in [-0.39, 0.29) is 0 Å². The van der Waals surface area contributed by atoms with Crippen LogP contribution in [0, 0.1) is 0 Å². The summed E-state index contributed by atoms with van der Waals surface area (Å²) < 4.78 is 2.84. The summed E-state index contributed by atoms with van der Waals surface area (Å²) in [6.45, 7) is 1.08. The molecule has 3 rings (SSSR count). The fraction of sp³-hybridized carbons (Fsp3) is 0.400. The first-order chi connectivity index (χ1) is 7.34. The number of halogens is 1. The van der Waals surface area contributed by atoms with Crippen LogP contribution in [0.4, 0.5) is 0 Å². The van der Waals surface area contributed by atoms with Crippen molar-refractivity contribution in [3.63, 3.8) is 0 Å². The molecule has 0 radical (unpaired) electrons. The average molecular weight is 267 g/mol. The maximum atomic E-state index is 4.25. The predicted octanol–water partition coefficient (Wildman–Crippen LogP) is 1.92. The van der Waals surface area contributed by atoms with E-state index in [2.05, 4.69) is 37.6 Å². The minimum absolute atomic E-state index is 0.378. The van der Waals surface area contributed by atoms with Gasteiger partial charge in [-0.2, -0.15) is 0 Å². The van der Waals surface area contributed by atoms with Crippen LogP contribution in [0.2, 0.25) is 0 Å². The Morgan fingerprint density at radius 3 is 3.20 bits per heavy atom. The summed E-state index contributed by atoms with van der Waals surface area (Å²) in [5.74, 6) is 0. The minimum Gasteiger partial charge on any atom is -0.309 e. The van der Waals surface area contributed by atoms with Gasteiger partial charge in [-0.25, -0.2) is 4.52 Å². The van der Waals surface area contributed by atoms with Crippen LogP contribution >= 0.6 is 15.9 Å². The van der Waals surface area contributed by atoms with Crippen molar-refractivity contribution in [2.75, 3.05) is 6.54 Å². The van der Waals surface area contributed by atoms with E-state index < -0.39 is 0 Å². The first-order valence-corrected chi connectivity index (χ1v) is 5.88. The second kappa shape index (κ2) is 3.57. The Hall–Kier alpha value is -0.940. The summed E-state index contributed by atoms with van der Waals surface area (Å²) in [5.41, 5.74) is 2.16. The number of aromatic nitrogens is 3. The van der Waals surface area contributed by atoms with Gasteiger partial charge >= 0.3 is 0 Å². The molecule has 0 aliphatic carbocycles. The largest absolute Gasteiger partial charge is 0.309 e. The standard InChI is InChI=1S/C10H11BrN4/c11-7-3-4-9-10(8-2-1-5-12-8)13-14-15(9)6-7/h3-4,6,8,12H,1-2,5H2. The van der Waals surface area contributed by atoms with Gasteiger partial charge in [0, 0.05) is 10.7 Å². The zero-order valence-electron chi connectivity index (χ0n) is 8.15. The summed E-state index contributed by atoms with van der Waals surface area (Å²) in [4.78, 5) is 0. The van der Waals surface area contributed by atoms with E-state index in [0.717, 1.165) is 28.6 Å². The molecular formula is C10H11BrN4. The molecule has 0 bridgehead atoms. The van der Waals surface area contributed by atoms with Crippen molar-refractivity contribution in [1.29, 1.82) is 0 Å². The summed E-state index contributed by atoms with van der Waals surface area (Å²) in [6.07, 6.45) is 4.31. The quantitative estimate of drug-likeness (QED) is 0.858. The second-order valence-electron chi connectivity index (χ2n) is 3.80. The first kappa shape index (κ1) is 9.30.